The molecule has 1 saturated carbocycles. The van der Waals surface area contributed by atoms with Crippen LogP contribution in [0, 0.1) is 30.6 Å². The van der Waals surface area contributed by atoms with Gasteiger partial charge in [-0.15, -0.1) is 0 Å². The predicted molar refractivity (Wildman–Crippen MR) is 126 cm³/mol. The number of benzene rings is 2. The van der Waals surface area contributed by atoms with Crippen LogP contribution in [0.4, 0.5) is 5.69 Å². The molecule has 2 aliphatic carbocycles. The van der Waals surface area contributed by atoms with E-state index in [9.17, 15) is 14.4 Å². The molecule has 1 heterocycles. The second kappa shape index (κ2) is 8.16. The third kappa shape index (κ3) is 3.50. The lowest BCUT2D eigenvalue weighted by Gasteiger charge is -2.27. The standard InChI is InChI=1S/C25H22BrClN2O3/c1-13-9-17(26)18(27)12-19(13)28-23(30)20(10-14-5-3-2-4-6-14)29-24(31)21-15-7-8-16(11-15)22(21)25(29)32/h2-9,12,15-16,20-22H,10-11H2,1H3,(H,28,30)/t15-,16-,20-,21-,22+/m0/s1. The van der Waals surface area contributed by atoms with Gasteiger partial charge in [0.15, 0.2) is 0 Å². The summed E-state index contributed by atoms with van der Waals surface area (Å²) in [6.07, 6.45) is 5.22. The van der Waals surface area contributed by atoms with Gasteiger partial charge in [0, 0.05) is 16.6 Å². The van der Waals surface area contributed by atoms with Gasteiger partial charge in [-0.3, -0.25) is 19.3 Å². The molecule has 0 radical (unpaired) electrons. The SMILES string of the molecule is Cc1cc(Br)c(Cl)cc1NC(=O)[C@H](Cc1ccccc1)N1C(=O)[C@@H]2[C@H](C1=O)[C@H]1C=C[C@H]2C1. The molecule has 164 valence electrons. The van der Waals surface area contributed by atoms with Crippen LogP contribution < -0.4 is 5.32 Å². The summed E-state index contributed by atoms with van der Waals surface area (Å²) in [6.45, 7) is 1.86. The minimum absolute atomic E-state index is 0.0967. The monoisotopic (exact) mass is 512 g/mol. The zero-order valence-electron chi connectivity index (χ0n) is 17.4. The van der Waals surface area contributed by atoms with Gasteiger partial charge in [0.2, 0.25) is 17.7 Å². The van der Waals surface area contributed by atoms with Gasteiger partial charge < -0.3 is 5.32 Å². The minimum Gasteiger partial charge on any atom is -0.324 e. The first-order chi connectivity index (χ1) is 15.3. The number of imide groups is 1. The number of carbonyl (C=O) groups is 3. The molecule has 0 aromatic heterocycles. The molecule has 1 N–H and O–H groups in total. The summed E-state index contributed by atoms with van der Waals surface area (Å²) < 4.78 is 0.733. The van der Waals surface area contributed by atoms with Gasteiger partial charge in [0.05, 0.1) is 16.9 Å². The third-order valence-electron chi connectivity index (χ3n) is 6.92. The van der Waals surface area contributed by atoms with Gasteiger partial charge in [0.1, 0.15) is 6.04 Å². The summed E-state index contributed by atoms with van der Waals surface area (Å²) in [7, 11) is 0. The van der Waals surface area contributed by atoms with Crippen molar-refractivity contribution in [2.45, 2.75) is 25.8 Å². The van der Waals surface area contributed by atoms with Gasteiger partial charge in [-0.25, -0.2) is 0 Å². The number of fused-ring (bicyclic) bond motifs is 5. The van der Waals surface area contributed by atoms with Crippen LogP contribution in [0.3, 0.4) is 0 Å². The fourth-order valence-electron chi connectivity index (χ4n) is 5.37. The van der Waals surface area contributed by atoms with Crippen LogP contribution in [0.25, 0.3) is 0 Å². The molecule has 2 aromatic rings. The van der Waals surface area contributed by atoms with E-state index < -0.39 is 11.9 Å². The first kappa shape index (κ1) is 21.4. The predicted octanol–water partition coefficient (Wildman–Crippen LogP) is 4.77. The minimum atomic E-state index is -0.927. The number of amides is 3. The Bertz CT molecular complexity index is 1120. The second-order valence-corrected chi connectivity index (χ2v) is 10.1. The van der Waals surface area contributed by atoms with Gasteiger partial charge in [-0.2, -0.15) is 0 Å². The highest BCUT2D eigenvalue weighted by Crippen LogP contribution is 2.53. The largest absolute Gasteiger partial charge is 0.324 e. The van der Waals surface area contributed by atoms with Crippen molar-refractivity contribution < 1.29 is 14.4 Å². The van der Waals surface area contributed by atoms with Crippen molar-refractivity contribution in [1.82, 2.24) is 4.90 Å². The summed E-state index contributed by atoms with van der Waals surface area (Å²) in [5.41, 5.74) is 2.27. The average Bonchev–Trinajstić information content (AvgIpc) is 3.45. The van der Waals surface area contributed by atoms with E-state index in [-0.39, 0.29) is 41.9 Å². The number of likely N-dealkylation sites (tertiary alicyclic amines) is 1. The molecule has 3 aliphatic rings. The molecule has 2 bridgehead atoms. The van der Waals surface area contributed by atoms with E-state index in [0.717, 1.165) is 22.0 Å². The summed E-state index contributed by atoms with van der Waals surface area (Å²) in [6, 6.07) is 12.0. The Morgan fingerprint density at radius 3 is 2.38 bits per heavy atom. The molecule has 0 spiro atoms. The molecule has 5 nitrogen and oxygen atoms in total. The van der Waals surface area contributed by atoms with Gasteiger partial charge in [0.25, 0.3) is 0 Å². The maximum Gasteiger partial charge on any atom is 0.248 e. The highest BCUT2D eigenvalue weighted by atomic mass is 79.9. The first-order valence-electron chi connectivity index (χ1n) is 10.7. The van der Waals surface area contributed by atoms with Gasteiger partial charge >= 0.3 is 0 Å². The number of nitrogens with one attached hydrogen (secondary N) is 1. The molecule has 32 heavy (non-hydrogen) atoms. The molecule has 5 atom stereocenters. The molecule has 5 rings (SSSR count). The number of aryl methyl sites for hydroxylation is 1. The van der Waals surface area contributed by atoms with E-state index in [4.69, 9.17) is 11.6 Å². The second-order valence-electron chi connectivity index (χ2n) is 8.82. The molecule has 0 unspecified atom stereocenters. The van der Waals surface area contributed by atoms with Crippen molar-refractivity contribution >= 4 is 50.9 Å². The van der Waals surface area contributed by atoms with E-state index in [2.05, 4.69) is 33.4 Å². The zero-order chi connectivity index (χ0) is 22.6. The van der Waals surface area contributed by atoms with Crippen molar-refractivity contribution in [2.24, 2.45) is 23.7 Å². The summed E-state index contributed by atoms with van der Waals surface area (Å²) in [4.78, 5) is 41.6. The molecule has 1 aliphatic heterocycles. The van der Waals surface area contributed by atoms with Crippen molar-refractivity contribution in [2.75, 3.05) is 5.32 Å². The molecule has 2 fully saturated rings. The van der Waals surface area contributed by atoms with Crippen LogP contribution in [0.15, 0.2) is 59.1 Å². The van der Waals surface area contributed by atoms with Crippen LogP contribution in [-0.4, -0.2) is 28.7 Å². The summed E-state index contributed by atoms with van der Waals surface area (Å²) >= 11 is 9.62. The van der Waals surface area contributed by atoms with E-state index in [1.165, 1.54) is 4.90 Å². The van der Waals surface area contributed by atoms with Crippen molar-refractivity contribution in [3.8, 4) is 0 Å². The Hall–Kier alpha value is -2.44. The van der Waals surface area contributed by atoms with Crippen LogP contribution in [0.2, 0.25) is 5.02 Å². The third-order valence-corrected chi connectivity index (χ3v) is 8.11. The molecular formula is C25H22BrClN2O3. The number of hydrogen-bond donors (Lipinski definition) is 1. The molecular weight excluding hydrogens is 492 g/mol. The van der Waals surface area contributed by atoms with E-state index in [1.807, 2.05) is 43.3 Å². The molecule has 7 heteroatoms. The topological polar surface area (TPSA) is 66.5 Å². The maximum atomic E-state index is 13.5. The fourth-order valence-corrected chi connectivity index (χ4v) is 5.99. The maximum absolute atomic E-state index is 13.5. The molecule has 2 aromatic carbocycles. The lowest BCUT2D eigenvalue weighted by atomic mass is 9.85. The number of rotatable bonds is 5. The highest BCUT2D eigenvalue weighted by molar-refractivity contribution is 9.10. The van der Waals surface area contributed by atoms with Crippen molar-refractivity contribution in [3.05, 3.63) is 75.2 Å². The Labute approximate surface area is 199 Å². The lowest BCUT2D eigenvalue weighted by Crippen LogP contribution is -2.49. The summed E-state index contributed by atoms with van der Waals surface area (Å²) in [5, 5.41) is 3.38. The van der Waals surface area contributed by atoms with Gasteiger partial charge in [-0.05, 0) is 64.4 Å². The number of anilines is 1. The van der Waals surface area contributed by atoms with Crippen LogP contribution in [0.5, 0.6) is 0 Å². The quantitative estimate of drug-likeness (QED) is 0.463. The van der Waals surface area contributed by atoms with Gasteiger partial charge in [-0.1, -0.05) is 54.1 Å². The first-order valence-corrected chi connectivity index (χ1v) is 11.9. The number of carbonyl (C=O) groups excluding carboxylic acids is 3. The lowest BCUT2D eigenvalue weighted by molar-refractivity contribution is -0.147. The highest BCUT2D eigenvalue weighted by Gasteiger charge is 2.61. The summed E-state index contributed by atoms with van der Waals surface area (Å²) in [5.74, 6) is -1.33. The Morgan fingerprint density at radius 2 is 1.75 bits per heavy atom. The average molecular weight is 514 g/mol. The fraction of sp³-hybridized carbons (Fsp3) is 0.320. The zero-order valence-corrected chi connectivity index (χ0v) is 19.8. The smallest absolute Gasteiger partial charge is 0.248 e. The molecule has 3 amide bonds. The van der Waals surface area contributed by atoms with E-state index in [0.29, 0.717) is 10.7 Å². The van der Waals surface area contributed by atoms with Crippen LogP contribution in [0.1, 0.15) is 17.5 Å². The molecule has 1 saturated heterocycles. The Morgan fingerprint density at radius 1 is 1.12 bits per heavy atom. The Kier molecular flexibility index (Phi) is 5.46. The number of allylic oxidation sites excluding steroid dienone is 2. The van der Waals surface area contributed by atoms with E-state index in [1.54, 1.807) is 6.07 Å². The van der Waals surface area contributed by atoms with E-state index >= 15 is 0 Å². The van der Waals surface area contributed by atoms with Crippen molar-refractivity contribution in [1.29, 1.82) is 0 Å². The van der Waals surface area contributed by atoms with Crippen LogP contribution in [-0.2, 0) is 20.8 Å². The van der Waals surface area contributed by atoms with Crippen LogP contribution >= 0.6 is 27.5 Å². The number of hydrogen-bond acceptors (Lipinski definition) is 3. The number of halogens is 2. The van der Waals surface area contributed by atoms with Crippen molar-refractivity contribution in [3.63, 3.8) is 0 Å². The normalized spacial score (nSPS) is 26.5. The number of nitrogens with zero attached hydrogens (tertiary/aromatic N) is 1. The Balaban J connectivity index is 1.47.